The Labute approximate surface area is 124 Å². The Morgan fingerprint density at radius 1 is 1.33 bits per heavy atom. The van der Waals surface area contributed by atoms with Gasteiger partial charge >= 0.3 is 0 Å². The molecule has 2 heterocycles. The van der Waals surface area contributed by atoms with Crippen molar-refractivity contribution in [3.8, 4) is 0 Å². The summed E-state index contributed by atoms with van der Waals surface area (Å²) in [7, 11) is 0. The molecule has 0 bridgehead atoms. The average molecular weight is 292 g/mol. The number of benzene rings is 1. The fraction of sp³-hybridized carbons (Fsp3) is 0.562. The predicted octanol–water partition coefficient (Wildman–Crippen LogP) is 2.68. The van der Waals surface area contributed by atoms with E-state index in [1.165, 1.54) is 6.07 Å². The molecule has 4 nitrogen and oxygen atoms in total. The largest absolute Gasteiger partial charge is 0.378 e. The van der Waals surface area contributed by atoms with Gasteiger partial charge in [0.1, 0.15) is 5.82 Å². The van der Waals surface area contributed by atoms with Crippen molar-refractivity contribution in [1.29, 1.82) is 0 Å². The summed E-state index contributed by atoms with van der Waals surface area (Å²) in [6.07, 6.45) is 0.863. The number of rotatable bonds is 2. The zero-order valence-corrected chi connectivity index (χ0v) is 12.4. The molecule has 1 saturated heterocycles. The minimum atomic E-state index is -1.25. The number of anilines is 2. The van der Waals surface area contributed by atoms with Crippen LogP contribution in [0.4, 0.5) is 15.8 Å². The minimum Gasteiger partial charge on any atom is -0.378 e. The Kier molecular flexibility index (Phi) is 3.61. The van der Waals surface area contributed by atoms with Crippen LogP contribution in [0.15, 0.2) is 12.1 Å². The first-order valence-corrected chi connectivity index (χ1v) is 7.54. The van der Waals surface area contributed by atoms with Crippen LogP contribution in [-0.4, -0.2) is 24.1 Å². The summed E-state index contributed by atoms with van der Waals surface area (Å²) in [4.78, 5) is 13.5. The normalized spacial score (nSPS) is 22.6. The highest BCUT2D eigenvalue weighted by Gasteiger charge is 2.31. The van der Waals surface area contributed by atoms with Gasteiger partial charge in [-0.15, -0.1) is 0 Å². The number of nitrogens with one attached hydrogen (secondary N) is 1. The van der Waals surface area contributed by atoms with Gasteiger partial charge < -0.3 is 15.3 Å². The van der Waals surface area contributed by atoms with Crippen LogP contribution in [0.1, 0.15) is 38.4 Å². The number of piperidine rings is 1. The maximum Gasteiger partial charge on any atom is 0.257 e. The molecule has 1 aromatic carbocycles. The van der Waals surface area contributed by atoms with Gasteiger partial charge in [-0.2, -0.15) is 0 Å². The van der Waals surface area contributed by atoms with Crippen LogP contribution in [0, 0.1) is 17.7 Å². The van der Waals surface area contributed by atoms with Crippen LogP contribution in [0.3, 0.4) is 0 Å². The van der Waals surface area contributed by atoms with E-state index in [0.717, 1.165) is 25.9 Å². The van der Waals surface area contributed by atoms with Gasteiger partial charge in [-0.3, -0.25) is 4.79 Å². The van der Waals surface area contributed by atoms with E-state index < -0.39 is 12.0 Å². The van der Waals surface area contributed by atoms with E-state index in [4.69, 9.17) is 0 Å². The first-order valence-electron chi connectivity index (χ1n) is 7.54. The third kappa shape index (κ3) is 2.50. The molecule has 2 N–H and O–H groups in total. The van der Waals surface area contributed by atoms with Crippen molar-refractivity contribution in [1.82, 2.24) is 0 Å². The number of carbonyl (C=O) groups excluding carboxylic acids is 1. The second kappa shape index (κ2) is 5.30. The van der Waals surface area contributed by atoms with Crippen LogP contribution >= 0.6 is 0 Å². The van der Waals surface area contributed by atoms with Gasteiger partial charge in [-0.25, -0.2) is 4.39 Å². The number of carbonyl (C=O) groups is 1. The van der Waals surface area contributed by atoms with Crippen molar-refractivity contribution in [2.75, 3.05) is 23.3 Å². The van der Waals surface area contributed by atoms with E-state index >= 15 is 0 Å². The van der Waals surface area contributed by atoms with E-state index in [1.54, 1.807) is 6.07 Å². The Hall–Kier alpha value is -1.62. The molecular weight excluding hydrogens is 271 g/mol. The summed E-state index contributed by atoms with van der Waals surface area (Å²) in [5.74, 6) is 0.499. The zero-order chi connectivity index (χ0) is 15.1. The maximum absolute atomic E-state index is 14.3. The van der Waals surface area contributed by atoms with Crippen molar-refractivity contribution >= 4 is 17.3 Å². The van der Waals surface area contributed by atoms with Crippen LogP contribution in [-0.2, 0) is 4.79 Å². The molecule has 1 fully saturated rings. The van der Waals surface area contributed by atoms with Gasteiger partial charge in [0.05, 0.1) is 5.69 Å². The second-order valence-electron chi connectivity index (χ2n) is 6.35. The smallest absolute Gasteiger partial charge is 0.257 e. The lowest BCUT2D eigenvalue weighted by Gasteiger charge is -2.35. The zero-order valence-electron chi connectivity index (χ0n) is 12.4. The molecule has 1 atom stereocenters. The summed E-state index contributed by atoms with van der Waals surface area (Å²) in [5, 5.41) is 12.3. The third-order valence-corrected chi connectivity index (χ3v) is 4.74. The molecule has 3 rings (SSSR count). The van der Waals surface area contributed by atoms with E-state index in [9.17, 15) is 14.3 Å². The molecule has 1 aromatic rings. The quantitative estimate of drug-likeness (QED) is 0.881. The monoisotopic (exact) mass is 292 g/mol. The van der Waals surface area contributed by atoms with E-state index in [2.05, 4.69) is 19.2 Å². The van der Waals surface area contributed by atoms with Gasteiger partial charge in [0.25, 0.3) is 5.91 Å². The Bertz CT molecular complexity index is 566. The lowest BCUT2D eigenvalue weighted by Crippen LogP contribution is -2.35. The first kappa shape index (κ1) is 14.3. The summed E-state index contributed by atoms with van der Waals surface area (Å²) >= 11 is 0. The molecular formula is C16H21FN2O2. The van der Waals surface area contributed by atoms with Crippen LogP contribution < -0.4 is 10.2 Å². The van der Waals surface area contributed by atoms with E-state index in [1.807, 2.05) is 4.90 Å². The fourth-order valence-corrected chi connectivity index (χ4v) is 3.30. The highest BCUT2D eigenvalue weighted by molar-refractivity contribution is 6.02. The highest BCUT2D eigenvalue weighted by atomic mass is 19.1. The molecule has 1 amide bonds. The van der Waals surface area contributed by atoms with E-state index in [0.29, 0.717) is 28.8 Å². The summed E-state index contributed by atoms with van der Waals surface area (Å²) < 4.78 is 14.3. The third-order valence-electron chi connectivity index (χ3n) is 4.74. The van der Waals surface area contributed by atoms with Crippen molar-refractivity contribution in [2.24, 2.45) is 11.8 Å². The Morgan fingerprint density at radius 2 is 2.00 bits per heavy atom. The molecule has 0 aliphatic carbocycles. The fourth-order valence-electron chi connectivity index (χ4n) is 3.30. The number of nitrogens with zero attached hydrogens (tertiary/aromatic N) is 1. The van der Waals surface area contributed by atoms with E-state index in [-0.39, 0.29) is 5.82 Å². The lowest BCUT2D eigenvalue weighted by atomic mass is 9.86. The average Bonchev–Trinajstić information content (AvgIpc) is 2.73. The molecule has 0 saturated carbocycles. The number of hydrogen-bond donors (Lipinski definition) is 2. The number of aliphatic hydroxyl groups is 1. The standard InChI is InChI=1S/C16H21FN2O2/c1-9(2)10-3-5-19(6-4-10)14-8-13-11(7-12(14)17)15(20)16(21)18-13/h7-10,15,20H,3-6H2,1-2H3,(H,18,21). The van der Waals surface area contributed by atoms with Gasteiger partial charge in [-0.1, -0.05) is 13.8 Å². The first-order chi connectivity index (χ1) is 9.97. The molecule has 1 unspecified atom stereocenters. The lowest BCUT2D eigenvalue weighted by molar-refractivity contribution is -0.123. The molecule has 0 aromatic heterocycles. The van der Waals surface area contributed by atoms with Gasteiger partial charge in [0.2, 0.25) is 0 Å². The molecule has 114 valence electrons. The number of hydrogen-bond acceptors (Lipinski definition) is 3. The van der Waals surface area contributed by atoms with Gasteiger partial charge in [-0.05, 0) is 36.8 Å². The van der Waals surface area contributed by atoms with Crippen LogP contribution in [0.5, 0.6) is 0 Å². The molecule has 2 aliphatic heterocycles. The molecule has 0 spiro atoms. The van der Waals surface area contributed by atoms with Crippen LogP contribution in [0.2, 0.25) is 0 Å². The Morgan fingerprint density at radius 3 is 2.62 bits per heavy atom. The van der Waals surface area contributed by atoms with Gasteiger partial charge in [0.15, 0.2) is 6.10 Å². The van der Waals surface area contributed by atoms with Crippen molar-refractivity contribution in [3.05, 3.63) is 23.5 Å². The highest BCUT2D eigenvalue weighted by Crippen LogP contribution is 2.37. The Balaban J connectivity index is 1.82. The predicted molar refractivity (Wildman–Crippen MR) is 79.8 cm³/mol. The number of halogens is 1. The molecule has 5 heteroatoms. The van der Waals surface area contributed by atoms with Crippen molar-refractivity contribution in [3.63, 3.8) is 0 Å². The maximum atomic E-state index is 14.3. The molecule has 2 aliphatic rings. The van der Waals surface area contributed by atoms with Gasteiger partial charge in [0, 0.05) is 24.3 Å². The topological polar surface area (TPSA) is 52.6 Å². The minimum absolute atomic E-state index is 0.332. The summed E-state index contributed by atoms with van der Waals surface area (Å²) in [5.41, 5.74) is 1.37. The summed E-state index contributed by atoms with van der Waals surface area (Å²) in [6.45, 7) is 6.12. The number of aliphatic hydroxyl groups excluding tert-OH is 1. The molecule has 0 radical (unpaired) electrons. The number of fused-ring (bicyclic) bond motifs is 1. The van der Waals surface area contributed by atoms with Crippen molar-refractivity contribution in [2.45, 2.75) is 32.8 Å². The second-order valence-corrected chi connectivity index (χ2v) is 6.35. The SMILES string of the molecule is CC(C)C1CCN(c2cc3c(cc2F)C(O)C(=O)N3)CC1. The summed E-state index contributed by atoms with van der Waals surface area (Å²) in [6, 6.07) is 2.93. The van der Waals surface area contributed by atoms with Crippen molar-refractivity contribution < 1.29 is 14.3 Å². The number of amides is 1. The molecule has 21 heavy (non-hydrogen) atoms. The van der Waals surface area contributed by atoms with Crippen LogP contribution in [0.25, 0.3) is 0 Å².